The van der Waals surface area contributed by atoms with Crippen LogP contribution in [0.1, 0.15) is 38.7 Å². The van der Waals surface area contributed by atoms with E-state index in [1.165, 1.54) is 0 Å². The molecule has 0 aromatic heterocycles. The third kappa shape index (κ3) is 8.20. The average Bonchev–Trinajstić information content (AvgIpc) is 2.60. The fraction of sp³-hybridized carbons (Fsp3) is 0.444. The van der Waals surface area contributed by atoms with Gasteiger partial charge in [-0.15, -0.1) is 0 Å². The number of halogens is 1. The van der Waals surface area contributed by atoms with E-state index < -0.39 is 0 Å². The summed E-state index contributed by atoms with van der Waals surface area (Å²) in [7, 11) is 0. The molecule has 1 aromatic rings. The highest BCUT2D eigenvalue weighted by molar-refractivity contribution is 9.12. The molecule has 0 aliphatic rings. The first-order chi connectivity index (χ1) is 11.6. The van der Waals surface area contributed by atoms with Crippen molar-refractivity contribution in [1.82, 2.24) is 5.48 Å². The molecule has 2 unspecified atom stereocenters. The normalized spacial score (nSPS) is 13.6. The van der Waals surface area contributed by atoms with Crippen molar-refractivity contribution in [3.63, 3.8) is 0 Å². The third-order valence-corrected chi connectivity index (χ3v) is 4.28. The fourth-order valence-corrected chi connectivity index (χ4v) is 2.51. The maximum absolute atomic E-state index is 11.3. The van der Waals surface area contributed by atoms with Crippen molar-refractivity contribution >= 4 is 34.1 Å². The second kappa shape index (κ2) is 11.7. The molecular weight excluding hydrogens is 370 g/mol. The maximum Gasteiger partial charge on any atom is 0.344 e. The zero-order valence-electron chi connectivity index (χ0n) is 14.2. The molecule has 1 amide bonds. The van der Waals surface area contributed by atoms with E-state index in [0.29, 0.717) is 12.5 Å². The number of rotatable bonds is 9. The number of allylic oxidation sites excluding steroid dienone is 1. The fourth-order valence-electron chi connectivity index (χ4n) is 2.16. The van der Waals surface area contributed by atoms with Gasteiger partial charge in [0.25, 0.3) is 0 Å². The molecule has 6 heteroatoms. The Labute approximate surface area is 151 Å². The number of amides is 1. The Kier molecular flexibility index (Phi) is 9.92. The van der Waals surface area contributed by atoms with Crippen LogP contribution in [-0.4, -0.2) is 28.7 Å². The number of benzene rings is 1. The molecule has 0 radical (unpaired) electrons. The summed E-state index contributed by atoms with van der Waals surface area (Å²) in [4.78, 5) is 15.4. The summed E-state index contributed by atoms with van der Waals surface area (Å²) in [6.45, 7) is 4.54. The molecular formula is C18H25BrN3O2+. The predicted molar refractivity (Wildman–Crippen MR) is 99.1 cm³/mol. The van der Waals surface area contributed by atoms with Gasteiger partial charge < -0.3 is 0 Å². The Morgan fingerprint density at radius 3 is 2.71 bits per heavy atom. The molecule has 0 fully saturated rings. The van der Waals surface area contributed by atoms with Gasteiger partial charge in [-0.1, -0.05) is 50.6 Å². The molecule has 0 spiro atoms. The maximum atomic E-state index is 11.3. The zero-order chi connectivity index (χ0) is 17.8. The van der Waals surface area contributed by atoms with Gasteiger partial charge in [0.05, 0.1) is 9.90 Å². The molecule has 5 nitrogen and oxygen atoms in total. The van der Waals surface area contributed by atoms with Crippen LogP contribution in [0.5, 0.6) is 0 Å². The molecule has 130 valence electrons. The van der Waals surface area contributed by atoms with E-state index in [1.54, 1.807) is 18.6 Å². The molecule has 2 atom stereocenters. The van der Waals surface area contributed by atoms with Crippen LogP contribution in [0.4, 0.5) is 0 Å². The van der Waals surface area contributed by atoms with Crippen LogP contribution < -0.4 is 5.48 Å². The number of hydrogen-bond donors (Lipinski definition) is 2. The Hall–Kier alpha value is -1.75. The van der Waals surface area contributed by atoms with E-state index in [-0.39, 0.29) is 11.8 Å². The van der Waals surface area contributed by atoms with Crippen molar-refractivity contribution in [2.45, 2.75) is 33.1 Å². The molecule has 1 rings (SSSR count). The Bertz CT molecular complexity index is 596. The van der Waals surface area contributed by atoms with E-state index in [0.717, 1.165) is 29.3 Å². The number of carbonyl (C=O) groups is 1. The lowest BCUT2D eigenvalue weighted by atomic mass is 9.95. The summed E-state index contributed by atoms with van der Waals surface area (Å²) in [5, 5.41) is 12.8. The molecule has 2 N–H and O–H groups in total. The minimum atomic E-state index is -0.338. The smallest absolute Gasteiger partial charge is 0.289 e. The van der Waals surface area contributed by atoms with Crippen molar-refractivity contribution in [2.75, 3.05) is 6.54 Å². The average molecular weight is 395 g/mol. The summed E-state index contributed by atoms with van der Waals surface area (Å²) in [5.41, 5.74) is 2.79. The highest BCUT2D eigenvalue weighted by atomic mass is 79.9. The van der Waals surface area contributed by atoms with Gasteiger partial charge in [0.2, 0.25) is 5.91 Å². The minimum Gasteiger partial charge on any atom is -0.289 e. The van der Waals surface area contributed by atoms with E-state index in [1.807, 2.05) is 36.4 Å². The van der Waals surface area contributed by atoms with Crippen LogP contribution in [0.2, 0.25) is 0 Å². The Balaban J connectivity index is 2.48. The molecule has 0 saturated carbocycles. The van der Waals surface area contributed by atoms with Gasteiger partial charge in [-0.3, -0.25) is 10.0 Å². The first-order valence-corrected chi connectivity index (χ1v) is 8.92. The van der Waals surface area contributed by atoms with Crippen LogP contribution in [0.15, 0.2) is 39.9 Å². The molecule has 0 saturated heterocycles. The number of hydrogen-bond acceptors (Lipinski definition) is 3. The quantitative estimate of drug-likeness (QED) is 0.217. The Morgan fingerprint density at radius 2 is 2.08 bits per heavy atom. The SMILES string of the molecule is CCC(CCC(C)C(=O)NO)CN=[N+]=CC(Br)=Cc1ccccc1. The van der Waals surface area contributed by atoms with E-state index in [2.05, 4.69) is 32.8 Å². The van der Waals surface area contributed by atoms with Crippen LogP contribution in [-0.2, 0) is 4.79 Å². The van der Waals surface area contributed by atoms with Crippen LogP contribution in [0.25, 0.3) is 6.08 Å². The first-order valence-electron chi connectivity index (χ1n) is 8.12. The molecule has 24 heavy (non-hydrogen) atoms. The van der Waals surface area contributed by atoms with E-state index in [9.17, 15) is 4.79 Å². The summed E-state index contributed by atoms with van der Waals surface area (Å²) < 4.78 is 0.860. The molecule has 0 aliphatic carbocycles. The highest BCUT2D eigenvalue weighted by Crippen LogP contribution is 2.16. The van der Waals surface area contributed by atoms with Gasteiger partial charge >= 0.3 is 6.21 Å². The number of carbonyl (C=O) groups excluding carboxylic acids is 1. The molecule has 1 aromatic carbocycles. The van der Waals surface area contributed by atoms with Crippen molar-refractivity contribution in [3.8, 4) is 0 Å². The minimum absolute atomic E-state index is 0.199. The van der Waals surface area contributed by atoms with Gasteiger partial charge in [-0.2, -0.15) is 0 Å². The van der Waals surface area contributed by atoms with Gasteiger partial charge in [-0.25, -0.2) is 5.48 Å². The van der Waals surface area contributed by atoms with Crippen LogP contribution in [0, 0.1) is 11.8 Å². The largest absolute Gasteiger partial charge is 0.344 e. The lowest BCUT2D eigenvalue weighted by molar-refractivity contribution is -0.133. The lowest BCUT2D eigenvalue weighted by Gasteiger charge is -2.13. The van der Waals surface area contributed by atoms with Gasteiger partial charge in [0.15, 0.2) is 0 Å². The number of nitrogens with zero attached hydrogens (tertiary/aromatic N) is 2. The van der Waals surface area contributed by atoms with E-state index in [4.69, 9.17) is 5.21 Å². The molecule has 0 bridgehead atoms. The second-order valence-electron chi connectivity index (χ2n) is 5.74. The first kappa shape index (κ1) is 20.3. The van der Waals surface area contributed by atoms with Crippen LogP contribution in [0.3, 0.4) is 0 Å². The van der Waals surface area contributed by atoms with Crippen LogP contribution >= 0.6 is 15.9 Å². The van der Waals surface area contributed by atoms with Gasteiger partial charge in [0, 0.05) is 5.92 Å². The number of nitrogens with one attached hydrogen (secondary N) is 1. The highest BCUT2D eigenvalue weighted by Gasteiger charge is 2.15. The molecule has 0 heterocycles. The van der Waals surface area contributed by atoms with E-state index >= 15 is 0 Å². The van der Waals surface area contributed by atoms with Gasteiger partial charge in [0.1, 0.15) is 11.0 Å². The topological polar surface area (TPSA) is 75.8 Å². The number of hydroxylamine groups is 1. The predicted octanol–water partition coefficient (Wildman–Crippen LogP) is 4.10. The van der Waals surface area contributed by atoms with Gasteiger partial charge in [-0.05, 0) is 46.3 Å². The summed E-state index contributed by atoms with van der Waals surface area (Å²) in [6, 6.07) is 9.98. The Morgan fingerprint density at radius 1 is 1.38 bits per heavy atom. The second-order valence-corrected chi connectivity index (χ2v) is 6.65. The molecule has 0 aliphatic heterocycles. The van der Waals surface area contributed by atoms with Crippen molar-refractivity contribution in [3.05, 3.63) is 40.4 Å². The van der Waals surface area contributed by atoms with Crippen molar-refractivity contribution in [1.29, 1.82) is 0 Å². The lowest BCUT2D eigenvalue weighted by Crippen LogP contribution is -2.26. The third-order valence-electron chi connectivity index (χ3n) is 3.85. The standard InChI is InChI=1S/C18H24BrN3O2/c1-3-15(10-9-14(2)18(23)22-24)12-20-21-13-17(19)11-16-7-5-4-6-8-16/h4-8,11,13-15H,3,9-10,12H2,1-2H3,(H-,22,23,24)/p+1. The summed E-state index contributed by atoms with van der Waals surface area (Å²) in [6.07, 6.45) is 6.24. The van der Waals surface area contributed by atoms with Crippen molar-refractivity contribution < 1.29 is 14.8 Å². The van der Waals surface area contributed by atoms with Crippen molar-refractivity contribution in [2.24, 2.45) is 17.0 Å². The summed E-state index contributed by atoms with van der Waals surface area (Å²) >= 11 is 3.46. The monoisotopic (exact) mass is 394 g/mol. The summed E-state index contributed by atoms with van der Waals surface area (Å²) in [5.74, 6) is -0.154. The zero-order valence-corrected chi connectivity index (χ0v) is 15.7.